The number of ether oxygens (including phenoxy) is 1. The third kappa shape index (κ3) is 9.40. The Morgan fingerprint density at radius 1 is 1.44 bits per heavy atom. The van der Waals surface area contributed by atoms with E-state index in [9.17, 15) is 9.36 Å². The van der Waals surface area contributed by atoms with Crippen molar-refractivity contribution in [3.8, 4) is 0 Å². The highest BCUT2D eigenvalue weighted by Gasteiger charge is 2.18. The molecule has 2 N–H and O–H groups in total. The lowest BCUT2D eigenvalue weighted by atomic mass is 10.2. The molecule has 0 aromatic rings. The molecule has 0 heterocycles. The van der Waals surface area contributed by atoms with E-state index in [1.165, 1.54) is 18.6 Å². The number of esters is 1. The van der Waals surface area contributed by atoms with E-state index in [-0.39, 0.29) is 12.4 Å². The van der Waals surface area contributed by atoms with Gasteiger partial charge in [0.1, 0.15) is 5.60 Å². The monoisotopic (exact) mass is 277 g/mol. The second-order valence-corrected chi connectivity index (χ2v) is 7.50. The molecule has 0 aliphatic carbocycles. The first-order valence-electron chi connectivity index (χ1n) is 5.94. The summed E-state index contributed by atoms with van der Waals surface area (Å²) in [6.07, 6.45) is 1.58. The second kappa shape index (κ2) is 7.07. The summed E-state index contributed by atoms with van der Waals surface area (Å²) in [5.74, 6) is 1.06. The van der Waals surface area contributed by atoms with Gasteiger partial charge in [-0.25, -0.2) is 0 Å². The first-order chi connectivity index (χ1) is 8.06. The van der Waals surface area contributed by atoms with Crippen LogP contribution in [0.15, 0.2) is 11.9 Å². The van der Waals surface area contributed by atoms with E-state index in [4.69, 9.17) is 15.0 Å². The Labute approximate surface area is 109 Å². The molecular weight excluding hydrogens is 253 g/mol. The van der Waals surface area contributed by atoms with Crippen LogP contribution in [0.2, 0.25) is 0 Å². The highest BCUT2D eigenvalue weighted by molar-refractivity contribution is 7.61. The number of carbonyl (C=O) groups is 1. The quantitative estimate of drug-likeness (QED) is 0.596. The van der Waals surface area contributed by atoms with Crippen LogP contribution in [0, 0.1) is 0 Å². The Bertz CT molecular complexity index is 346. The molecule has 0 aliphatic heterocycles. The Morgan fingerprint density at radius 2 is 2.00 bits per heavy atom. The fraction of sp³-hybridized carbons (Fsp3) is 0.750. The molecule has 0 saturated carbocycles. The zero-order valence-electron chi connectivity index (χ0n) is 11.8. The van der Waals surface area contributed by atoms with Gasteiger partial charge in [0.25, 0.3) is 0 Å². The van der Waals surface area contributed by atoms with Gasteiger partial charge in [0.05, 0.1) is 13.0 Å². The molecule has 0 aromatic carbocycles. The lowest BCUT2D eigenvalue weighted by Gasteiger charge is -2.20. The standard InChI is InChI=1S/C12H24NO4P/c1-6-16-18(5,15)8-7-10(13)9-11(14)17-12(2,3)4/h7-8,10H,6,9,13H2,1-5H3/b8-7+/t10-,18?/m1/s1. The Hall–Kier alpha value is -0.640. The van der Waals surface area contributed by atoms with Gasteiger partial charge >= 0.3 is 5.97 Å². The van der Waals surface area contributed by atoms with Crippen LogP contribution in [0.4, 0.5) is 0 Å². The molecule has 0 amide bonds. The zero-order chi connectivity index (χ0) is 14.4. The summed E-state index contributed by atoms with van der Waals surface area (Å²) in [6.45, 7) is 9.03. The van der Waals surface area contributed by atoms with Crippen LogP contribution >= 0.6 is 7.37 Å². The summed E-state index contributed by atoms with van der Waals surface area (Å²) in [6, 6.07) is -0.520. The summed E-state index contributed by atoms with van der Waals surface area (Å²) in [5.41, 5.74) is 5.21. The van der Waals surface area contributed by atoms with Crippen molar-refractivity contribution in [2.24, 2.45) is 5.73 Å². The third-order valence-electron chi connectivity index (χ3n) is 1.81. The van der Waals surface area contributed by atoms with Crippen LogP contribution in [0.5, 0.6) is 0 Å². The van der Waals surface area contributed by atoms with Crippen molar-refractivity contribution in [1.82, 2.24) is 0 Å². The fourth-order valence-corrected chi connectivity index (χ4v) is 2.34. The van der Waals surface area contributed by atoms with E-state index < -0.39 is 19.0 Å². The van der Waals surface area contributed by atoms with E-state index in [1.54, 1.807) is 27.7 Å². The molecule has 0 radical (unpaired) electrons. The van der Waals surface area contributed by atoms with Crippen molar-refractivity contribution >= 4 is 13.3 Å². The average Bonchev–Trinajstić information content (AvgIpc) is 2.11. The molecule has 0 saturated heterocycles. The molecule has 1 unspecified atom stereocenters. The van der Waals surface area contributed by atoms with Crippen molar-refractivity contribution in [2.45, 2.75) is 45.8 Å². The largest absolute Gasteiger partial charge is 0.460 e. The Balaban J connectivity index is 4.27. The van der Waals surface area contributed by atoms with E-state index >= 15 is 0 Å². The maximum atomic E-state index is 11.8. The number of hydrogen-bond donors (Lipinski definition) is 1. The van der Waals surface area contributed by atoms with Crippen molar-refractivity contribution in [3.05, 3.63) is 11.9 Å². The number of rotatable bonds is 6. The Morgan fingerprint density at radius 3 is 2.44 bits per heavy atom. The predicted molar refractivity (Wildman–Crippen MR) is 72.7 cm³/mol. The second-order valence-electron chi connectivity index (χ2n) is 5.12. The van der Waals surface area contributed by atoms with E-state index in [2.05, 4.69) is 0 Å². The van der Waals surface area contributed by atoms with Gasteiger partial charge in [-0.05, 0) is 33.5 Å². The van der Waals surface area contributed by atoms with Crippen molar-refractivity contribution in [3.63, 3.8) is 0 Å². The summed E-state index contributed by atoms with van der Waals surface area (Å²) >= 11 is 0. The van der Waals surface area contributed by atoms with Crippen molar-refractivity contribution < 1.29 is 18.6 Å². The van der Waals surface area contributed by atoms with Crippen LogP contribution in [0.1, 0.15) is 34.1 Å². The van der Waals surface area contributed by atoms with Gasteiger partial charge in [0, 0.05) is 12.7 Å². The SMILES string of the molecule is CCOP(C)(=O)/C=C/[C@@H](N)CC(=O)OC(C)(C)C. The molecule has 0 aliphatic rings. The van der Waals surface area contributed by atoms with Gasteiger partial charge in [-0.3, -0.25) is 9.36 Å². The fourth-order valence-electron chi connectivity index (χ4n) is 1.21. The van der Waals surface area contributed by atoms with Gasteiger partial charge in [-0.1, -0.05) is 6.08 Å². The molecule has 5 nitrogen and oxygen atoms in total. The molecule has 0 aromatic heterocycles. The van der Waals surface area contributed by atoms with Crippen LogP contribution in [-0.4, -0.2) is 30.9 Å². The number of carbonyl (C=O) groups excluding carboxylic acids is 1. The normalized spacial score (nSPS) is 17.4. The lowest BCUT2D eigenvalue weighted by molar-refractivity contribution is -0.154. The minimum atomic E-state index is -2.74. The summed E-state index contributed by atoms with van der Waals surface area (Å²) in [5, 5.41) is 0. The highest BCUT2D eigenvalue weighted by Crippen LogP contribution is 2.43. The molecule has 2 atom stereocenters. The molecular formula is C12H24NO4P. The highest BCUT2D eigenvalue weighted by atomic mass is 31.2. The van der Waals surface area contributed by atoms with E-state index in [1.807, 2.05) is 0 Å². The maximum absolute atomic E-state index is 11.8. The van der Waals surface area contributed by atoms with Crippen LogP contribution < -0.4 is 5.73 Å². The number of hydrogen-bond acceptors (Lipinski definition) is 5. The van der Waals surface area contributed by atoms with Gasteiger partial charge in [0.15, 0.2) is 0 Å². The first kappa shape index (κ1) is 17.4. The van der Waals surface area contributed by atoms with Crippen LogP contribution in [0.3, 0.4) is 0 Å². The molecule has 0 rings (SSSR count). The summed E-state index contributed by atoms with van der Waals surface area (Å²) in [7, 11) is -2.74. The maximum Gasteiger partial charge on any atom is 0.308 e. The molecule has 0 spiro atoms. The zero-order valence-corrected chi connectivity index (χ0v) is 12.7. The molecule has 106 valence electrons. The van der Waals surface area contributed by atoms with Crippen LogP contribution in [0.25, 0.3) is 0 Å². The third-order valence-corrected chi connectivity index (χ3v) is 3.30. The lowest BCUT2D eigenvalue weighted by Crippen LogP contribution is -2.29. The first-order valence-corrected chi connectivity index (χ1v) is 8.08. The van der Waals surface area contributed by atoms with Gasteiger partial charge in [0.2, 0.25) is 7.37 Å². The minimum absolute atomic E-state index is 0.0555. The van der Waals surface area contributed by atoms with Gasteiger partial charge < -0.3 is 15.0 Å². The minimum Gasteiger partial charge on any atom is -0.460 e. The topological polar surface area (TPSA) is 78.6 Å². The van der Waals surface area contributed by atoms with Crippen LogP contribution in [-0.2, 0) is 18.6 Å². The van der Waals surface area contributed by atoms with Gasteiger partial charge in [-0.15, -0.1) is 0 Å². The number of nitrogens with two attached hydrogens (primary N) is 1. The van der Waals surface area contributed by atoms with Gasteiger partial charge in [-0.2, -0.15) is 0 Å². The van der Waals surface area contributed by atoms with Crippen molar-refractivity contribution in [2.75, 3.05) is 13.3 Å². The Kier molecular flexibility index (Phi) is 6.82. The average molecular weight is 277 g/mol. The van der Waals surface area contributed by atoms with E-state index in [0.29, 0.717) is 6.61 Å². The summed E-state index contributed by atoms with van der Waals surface area (Å²) in [4.78, 5) is 11.5. The molecule has 0 bridgehead atoms. The summed E-state index contributed by atoms with van der Waals surface area (Å²) < 4.78 is 21.9. The molecule has 18 heavy (non-hydrogen) atoms. The smallest absolute Gasteiger partial charge is 0.308 e. The van der Waals surface area contributed by atoms with E-state index in [0.717, 1.165) is 0 Å². The van der Waals surface area contributed by atoms with Crippen molar-refractivity contribution in [1.29, 1.82) is 0 Å². The molecule has 6 heteroatoms. The predicted octanol–water partition coefficient (Wildman–Crippen LogP) is 2.50. The molecule has 0 fully saturated rings.